The number of aliphatic imine (C=N–C) groups is 1. The van der Waals surface area contributed by atoms with Gasteiger partial charge in [-0.3, -0.25) is 9.79 Å². The van der Waals surface area contributed by atoms with Gasteiger partial charge >= 0.3 is 0 Å². The SMILES string of the molecule is O=C(COc1ccc(C=Nc2ccc(F)cc2)cc1)Nc1cccc(Cl)c1. The number of ether oxygens (including phenoxy) is 1. The van der Waals surface area contributed by atoms with Crippen molar-refractivity contribution < 1.29 is 13.9 Å². The van der Waals surface area contributed by atoms with Crippen LogP contribution >= 0.6 is 11.6 Å². The Morgan fingerprint density at radius 1 is 1.07 bits per heavy atom. The zero-order valence-electron chi connectivity index (χ0n) is 14.2. The first kappa shape index (κ1) is 18.6. The summed E-state index contributed by atoms with van der Waals surface area (Å²) in [5.41, 5.74) is 2.13. The molecule has 3 aromatic rings. The van der Waals surface area contributed by atoms with E-state index in [2.05, 4.69) is 10.3 Å². The number of nitrogens with zero attached hydrogens (tertiary/aromatic N) is 1. The summed E-state index contributed by atoms with van der Waals surface area (Å²) in [6.07, 6.45) is 1.67. The van der Waals surface area contributed by atoms with Crippen molar-refractivity contribution in [3.8, 4) is 5.75 Å². The first-order valence-electron chi connectivity index (χ1n) is 8.16. The van der Waals surface area contributed by atoms with Gasteiger partial charge in [-0.2, -0.15) is 0 Å². The van der Waals surface area contributed by atoms with Crippen LogP contribution in [0.15, 0.2) is 77.8 Å². The first-order valence-corrected chi connectivity index (χ1v) is 8.54. The molecule has 0 atom stereocenters. The van der Waals surface area contributed by atoms with Crippen LogP contribution in [0.1, 0.15) is 5.56 Å². The van der Waals surface area contributed by atoms with E-state index in [0.717, 1.165) is 5.56 Å². The van der Waals surface area contributed by atoms with Crippen LogP contribution in [0.2, 0.25) is 5.02 Å². The van der Waals surface area contributed by atoms with Crippen LogP contribution in [0, 0.1) is 5.82 Å². The molecule has 0 unspecified atom stereocenters. The summed E-state index contributed by atoms with van der Waals surface area (Å²) in [5, 5.41) is 3.26. The molecule has 0 spiro atoms. The lowest BCUT2D eigenvalue weighted by Crippen LogP contribution is -2.20. The number of hydrogen-bond acceptors (Lipinski definition) is 3. The molecule has 0 saturated heterocycles. The molecule has 1 amide bonds. The maximum atomic E-state index is 12.9. The second kappa shape index (κ2) is 8.96. The summed E-state index contributed by atoms with van der Waals surface area (Å²) in [6, 6.07) is 19.9. The summed E-state index contributed by atoms with van der Waals surface area (Å²) in [7, 11) is 0. The third-order valence-corrected chi connectivity index (χ3v) is 3.78. The normalized spacial score (nSPS) is 10.7. The van der Waals surface area contributed by atoms with Gasteiger partial charge in [-0.25, -0.2) is 4.39 Å². The van der Waals surface area contributed by atoms with Crippen molar-refractivity contribution in [2.75, 3.05) is 11.9 Å². The molecule has 0 aliphatic heterocycles. The predicted molar refractivity (Wildman–Crippen MR) is 106 cm³/mol. The van der Waals surface area contributed by atoms with Crippen molar-refractivity contribution >= 4 is 35.1 Å². The minimum absolute atomic E-state index is 0.116. The standard InChI is InChI=1S/C21H16ClFN2O2/c22-16-2-1-3-19(12-16)25-21(26)14-27-20-10-4-15(5-11-20)13-24-18-8-6-17(23)7-9-18/h1-13H,14H2,(H,25,26). The highest BCUT2D eigenvalue weighted by Gasteiger charge is 2.04. The molecular weight excluding hydrogens is 367 g/mol. The molecule has 6 heteroatoms. The second-order valence-electron chi connectivity index (χ2n) is 5.65. The molecule has 3 rings (SSSR count). The number of amides is 1. The quantitative estimate of drug-likeness (QED) is 0.592. The molecule has 0 radical (unpaired) electrons. The third-order valence-electron chi connectivity index (χ3n) is 3.55. The summed E-state index contributed by atoms with van der Waals surface area (Å²) in [5.74, 6) is -0.00996. The Balaban J connectivity index is 1.51. The van der Waals surface area contributed by atoms with E-state index in [1.54, 1.807) is 54.7 Å². The fourth-order valence-electron chi connectivity index (χ4n) is 2.24. The maximum Gasteiger partial charge on any atom is 0.262 e. The average Bonchev–Trinajstić information content (AvgIpc) is 2.67. The molecule has 0 aliphatic carbocycles. The van der Waals surface area contributed by atoms with Crippen LogP contribution in [-0.4, -0.2) is 18.7 Å². The fraction of sp³-hybridized carbons (Fsp3) is 0.0476. The Bertz CT molecular complexity index is 941. The Morgan fingerprint density at radius 3 is 2.52 bits per heavy atom. The average molecular weight is 383 g/mol. The van der Waals surface area contributed by atoms with E-state index in [4.69, 9.17) is 16.3 Å². The number of halogens is 2. The van der Waals surface area contributed by atoms with E-state index < -0.39 is 0 Å². The monoisotopic (exact) mass is 382 g/mol. The zero-order valence-corrected chi connectivity index (χ0v) is 15.0. The molecule has 0 saturated carbocycles. The fourth-order valence-corrected chi connectivity index (χ4v) is 2.43. The van der Waals surface area contributed by atoms with Gasteiger partial charge in [-0.05, 0) is 72.3 Å². The van der Waals surface area contributed by atoms with Crippen LogP contribution in [0.5, 0.6) is 5.75 Å². The van der Waals surface area contributed by atoms with E-state index in [1.165, 1.54) is 12.1 Å². The Kier molecular flexibility index (Phi) is 6.18. The van der Waals surface area contributed by atoms with Gasteiger partial charge in [0.1, 0.15) is 11.6 Å². The van der Waals surface area contributed by atoms with Crippen LogP contribution in [-0.2, 0) is 4.79 Å². The van der Waals surface area contributed by atoms with Gasteiger partial charge in [0.15, 0.2) is 6.61 Å². The highest BCUT2D eigenvalue weighted by Crippen LogP contribution is 2.16. The van der Waals surface area contributed by atoms with Crippen molar-refractivity contribution in [3.63, 3.8) is 0 Å². The molecule has 0 heterocycles. The van der Waals surface area contributed by atoms with E-state index in [9.17, 15) is 9.18 Å². The van der Waals surface area contributed by atoms with Crippen molar-refractivity contribution in [2.24, 2.45) is 4.99 Å². The zero-order chi connectivity index (χ0) is 19.1. The highest BCUT2D eigenvalue weighted by atomic mass is 35.5. The largest absolute Gasteiger partial charge is 0.484 e. The lowest BCUT2D eigenvalue weighted by Gasteiger charge is -2.08. The maximum absolute atomic E-state index is 12.9. The van der Waals surface area contributed by atoms with Gasteiger partial charge < -0.3 is 10.1 Å². The van der Waals surface area contributed by atoms with Gasteiger partial charge in [0.25, 0.3) is 5.91 Å². The lowest BCUT2D eigenvalue weighted by atomic mass is 10.2. The molecule has 0 fully saturated rings. The van der Waals surface area contributed by atoms with E-state index in [1.807, 2.05) is 12.1 Å². The summed E-state index contributed by atoms with van der Waals surface area (Å²) >= 11 is 5.88. The Labute approximate surface area is 161 Å². The smallest absolute Gasteiger partial charge is 0.262 e. The molecule has 3 aromatic carbocycles. The van der Waals surface area contributed by atoms with Crippen molar-refractivity contribution in [1.29, 1.82) is 0 Å². The highest BCUT2D eigenvalue weighted by molar-refractivity contribution is 6.30. The molecule has 0 aromatic heterocycles. The minimum atomic E-state index is -0.296. The van der Waals surface area contributed by atoms with E-state index in [0.29, 0.717) is 22.1 Å². The van der Waals surface area contributed by atoms with Crippen LogP contribution in [0.3, 0.4) is 0 Å². The van der Waals surface area contributed by atoms with E-state index in [-0.39, 0.29) is 18.3 Å². The number of anilines is 1. The van der Waals surface area contributed by atoms with Crippen LogP contribution in [0.4, 0.5) is 15.8 Å². The Hall–Kier alpha value is -3.18. The van der Waals surface area contributed by atoms with Crippen molar-refractivity contribution in [3.05, 3.63) is 89.2 Å². The van der Waals surface area contributed by atoms with Gasteiger partial charge in [0.05, 0.1) is 5.69 Å². The van der Waals surface area contributed by atoms with Crippen LogP contribution < -0.4 is 10.1 Å². The molecule has 136 valence electrons. The molecule has 0 bridgehead atoms. The predicted octanol–water partition coefficient (Wildman–Crippen LogP) is 5.25. The third kappa shape index (κ3) is 5.94. The van der Waals surface area contributed by atoms with Crippen LogP contribution in [0.25, 0.3) is 0 Å². The van der Waals surface area contributed by atoms with Crippen molar-refractivity contribution in [2.45, 2.75) is 0 Å². The summed E-state index contributed by atoms with van der Waals surface area (Å²) in [6.45, 7) is -0.116. The number of rotatable bonds is 6. The molecule has 0 aliphatic rings. The van der Waals surface area contributed by atoms with Gasteiger partial charge in [0, 0.05) is 16.9 Å². The number of hydrogen-bond donors (Lipinski definition) is 1. The molecule has 1 N–H and O–H groups in total. The summed E-state index contributed by atoms with van der Waals surface area (Å²) in [4.78, 5) is 16.2. The van der Waals surface area contributed by atoms with Crippen molar-refractivity contribution in [1.82, 2.24) is 0 Å². The number of carbonyl (C=O) groups is 1. The number of nitrogens with one attached hydrogen (secondary N) is 1. The molecule has 4 nitrogen and oxygen atoms in total. The molecule has 27 heavy (non-hydrogen) atoms. The van der Waals surface area contributed by atoms with Gasteiger partial charge in [-0.15, -0.1) is 0 Å². The first-order chi connectivity index (χ1) is 13.1. The second-order valence-corrected chi connectivity index (χ2v) is 6.09. The summed E-state index contributed by atoms with van der Waals surface area (Å²) < 4.78 is 18.3. The minimum Gasteiger partial charge on any atom is -0.484 e. The molecular formula is C21H16ClFN2O2. The topological polar surface area (TPSA) is 50.7 Å². The Morgan fingerprint density at radius 2 is 1.81 bits per heavy atom. The van der Waals surface area contributed by atoms with Gasteiger partial charge in [0.2, 0.25) is 0 Å². The lowest BCUT2D eigenvalue weighted by molar-refractivity contribution is -0.118. The number of carbonyl (C=O) groups excluding carboxylic acids is 1. The number of benzene rings is 3. The van der Waals surface area contributed by atoms with E-state index >= 15 is 0 Å². The van der Waals surface area contributed by atoms with Gasteiger partial charge in [-0.1, -0.05) is 17.7 Å².